The van der Waals surface area contributed by atoms with E-state index >= 15 is 0 Å². The molecule has 0 aromatic heterocycles. The Bertz CT molecular complexity index is 123. The average molecular weight is 376 g/mol. The third-order valence-electron chi connectivity index (χ3n) is 2.11. The fourth-order valence-electron chi connectivity index (χ4n) is 2.40. The molecule has 0 rings (SSSR count). The van der Waals surface area contributed by atoms with Gasteiger partial charge in [-0.3, -0.25) is 0 Å². The van der Waals surface area contributed by atoms with Gasteiger partial charge in [-0.05, 0) is 48.5 Å². The maximum atomic E-state index is 4.49. The van der Waals surface area contributed by atoms with E-state index in [0.29, 0.717) is 5.16 Å². The van der Waals surface area contributed by atoms with Crippen molar-refractivity contribution in [3.8, 4) is 0 Å². The van der Waals surface area contributed by atoms with Gasteiger partial charge < -0.3 is 6.42 Å². The summed E-state index contributed by atoms with van der Waals surface area (Å²) >= 11 is 2.22. The molecular weight excluding hydrogens is 341 g/mol. The topological polar surface area (TPSA) is 0 Å². The molecule has 112 valence electrons. The summed E-state index contributed by atoms with van der Waals surface area (Å²) in [5, 5.41) is 0.562. The van der Waals surface area contributed by atoms with E-state index < -0.39 is 0 Å². The van der Waals surface area contributed by atoms with Crippen molar-refractivity contribution in [2.75, 3.05) is 0 Å². The Morgan fingerprint density at radius 3 is 1.12 bits per heavy atom. The molecule has 0 radical (unpaired) electrons. The van der Waals surface area contributed by atoms with E-state index in [1.165, 1.54) is 0 Å². The molecule has 0 unspecified atom stereocenters. The van der Waals surface area contributed by atoms with Gasteiger partial charge in [0.1, 0.15) is 0 Å². The first-order valence-electron chi connectivity index (χ1n) is 5.91. The number of rotatable bonds is 2. The van der Waals surface area contributed by atoms with Crippen molar-refractivity contribution in [3.05, 3.63) is 6.42 Å². The summed E-state index contributed by atoms with van der Waals surface area (Å²) in [5.74, 6) is 0. The molecule has 0 spiro atoms. The zero-order chi connectivity index (χ0) is 13.9. The second kappa shape index (κ2) is 15.4. The molecule has 0 bridgehead atoms. The number of hydrogen-bond donors (Lipinski definition) is 0. The van der Waals surface area contributed by atoms with Crippen LogP contribution in [-0.2, 0) is 18.2 Å². The molecule has 17 heavy (non-hydrogen) atoms. The van der Waals surface area contributed by atoms with Gasteiger partial charge in [-0.1, -0.05) is 7.43 Å². The Balaban J connectivity index is -0.000000122. The quantitative estimate of drug-likeness (QED) is 0.298. The van der Waals surface area contributed by atoms with Gasteiger partial charge in [0.2, 0.25) is 0 Å². The SMILES string of the molecule is C.CC(C)[PH+](C(C)C)C(C)(C)C.C[CH-]C.[Cl][Pd+]. The second-order valence-corrected chi connectivity index (χ2v) is 10.3. The molecule has 0 atom stereocenters. The summed E-state index contributed by atoms with van der Waals surface area (Å²) in [4.78, 5) is 0. The van der Waals surface area contributed by atoms with Crippen LogP contribution in [0.4, 0.5) is 0 Å². The summed E-state index contributed by atoms with van der Waals surface area (Å²) < 4.78 is 0. The third kappa shape index (κ3) is 17.4. The predicted molar refractivity (Wildman–Crippen MR) is 86.6 cm³/mol. The van der Waals surface area contributed by atoms with Crippen LogP contribution in [0.15, 0.2) is 0 Å². The molecule has 0 aromatic carbocycles. The fraction of sp³-hybridized carbons (Fsp3) is 0.929. The molecule has 0 aliphatic carbocycles. The van der Waals surface area contributed by atoms with Gasteiger partial charge in [-0.15, -0.1) is 0 Å². The summed E-state index contributed by atoms with van der Waals surface area (Å²) in [6, 6.07) is 0. The first-order chi connectivity index (χ1) is 7.18. The van der Waals surface area contributed by atoms with Crippen molar-refractivity contribution >= 4 is 17.5 Å². The van der Waals surface area contributed by atoms with E-state index in [0.717, 1.165) is 11.3 Å². The van der Waals surface area contributed by atoms with Gasteiger partial charge in [0, 0.05) is 7.92 Å². The van der Waals surface area contributed by atoms with Crippen LogP contribution in [0.3, 0.4) is 0 Å². The van der Waals surface area contributed by atoms with E-state index in [2.05, 4.69) is 76.2 Å². The van der Waals surface area contributed by atoms with Crippen LogP contribution >= 0.6 is 17.5 Å². The Morgan fingerprint density at radius 1 is 0.941 bits per heavy atom. The van der Waals surface area contributed by atoms with E-state index in [4.69, 9.17) is 0 Å². The maximum absolute atomic E-state index is 4.49. The summed E-state index contributed by atoms with van der Waals surface area (Å²) in [5.41, 5.74) is 1.81. The molecule has 0 amide bonds. The third-order valence-corrected chi connectivity index (χ3v) is 6.33. The van der Waals surface area contributed by atoms with Crippen LogP contribution in [0.5, 0.6) is 0 Å². The standard InChI is InChI=1S/C10H23P.C3H7.CH4.ClH.Pd/c1-8(2)11(9(3)4)10(5,6)7;1-3-2;;;/h8-9H,1-7H3;3H,1-2H3;1H4;1H;/q;-1;;;+2. The summed E-state index contributed by atoms with van der Waals surface area (Å²) in [6.07, 6.45) is 2.00. The van der Waals surface area contributed by atoms with Crippen LogP contribution in [0.2, 0.25) is 0 Å². The number of hydrogen-bond acceptors (Lipinski definition) is 0. The van der Waals surface area contributed by atoms with Gasteiger partial charge >= 0.3 is 27.7 Å². The molecule has 0 heterocycles. The van der Waals surface area contributed by atoms with Crippen molar-refractivity contribution in [1.29, 1.82) is 0 Å². The summed E-state index contributed by atoms with van der Waals surface area (Å²) in [6.45, 7) is 20.7. The van der Waals surface area contributed by atoms with Crippen LogP contribution in [0.1, 0.15) is 69.7 Å². The average Bonchev–Trinajstić information content (AvgIpc) is 2.04. The molecule has 0 nitrogen and oxygen atoms in total. The second-order valence-electron chi connectivity index (χ2n) is 5.59. The Hall–Kier alpha value is 1.38. The monoisotopic (exact) mass is 375 g/mol. The van der Waals surface area contributed by atoms with Gasteiger partial charge in [-0.2, -0.15) is 13.8 Å². The Kier molecular flexibility index (Phi) is 24.4. The Labute approximate surface area is 128 Å². The molecule has 0 saturated carbocycles. The minimum absolute atomic E-state index is 0. The molecule has 0 aliphatic rings. The van der Waals surface area contributed by atoms with Crippen molar-refractivity contribution in [3.63, 3.8) is 0 Å². The first kappa shape index (κ1) is 26.9. The van der Waals surface area contributed by atoms with E-state index in [1.54, 1.807) is 0 Å². The van der Waals surface area contributed by atoms with Crippen LogP contribution in [0.25, 0.3) is 0 Å². The van der Waals surface area contributed by atoms with Gasteiger partial charge in [0.05, 0.1) is 16.5 Å². The zero-order valence-electron chi connectivity index (χ0n) is 12.4. The van der Waals surface area contributed by atoms with Crippen LogP contribution < -0.4 is 0 Å². The molecule has 3 heteroatoms. The van der Waals surface area contributed by atoms with E-state index in [-0.39, 0.29) is 15.3 Å². The molecule has 0 aliphatic heterocycles. The van der Waals surface area contributed by atoms with Crippen molar-refractivity contribution in [2.24, 2.45) is 0 Å². The first-order valence-corrected chi connectivity index (χ1v) is 9.57. The van der Waals surface area contributed by atoms with Gasteiger partial charge in [0.25, 0.3) is 0 Å². The fourth-order valence-corrected chi connectivity index (χ4v) is 7.20. The van der Waals surface area contributed by atoms with Crippen LogP contribution in [-0.4, -0.2) is 16.5 Å². The molecule has 0 N–H and O–H groups in total. The number of halogens is 1. The minimum atomic E-state index is -0.194. The van der Waals surface area contributed by atoms with E-state index in [1.807, 2.05) is 20.3 Å². The van der Waals surface area contributed by atoms with Crippen molar-refractivity contribution < 1.29 is 18.2 Å². The predicted octanol–water partition coefficient (Wildman–Crippen LogP) is 6.37. The summed E-state index contributed by atoms with van der Waals surface area (Å²) in [7, 11) is 4.29. The van der Waals surface area contributed by atoms with Crippen molar-refractivity contribution in [2.45, 2.75) is 86.2 Å². The zero-order valence-corrected chi connectivity index (χ0v) is 15.7. The molecule has 0 saturated heterocycles. The van der Waals surface area contributed by atoms with Crippen LogP contribution in [0, 0.1) is 6.42 Å². The normalized spacial score (nSPS) is 10.3. The molecule has 0 aromatic rings. The Morgan fingerprint density at radius 2 is 1.12 bits per heavy atom. The van der Waals surface area contributed by atoms with Gasteiger partial charge in [0.15, 0.2) is 0 Å². The molecule has 0 fully saturated rings. The molecular formula is C14H35ClPPd+. The van der Waals surface area contributed by atoms with Crippen molar-refractivity contribution in [1.82, 2.24) is 0 Å². The van der Waals surface area contributed by atoms with E-state index in [9.17, 15) is 0 Å². The van der Waals surface area contributed by atoms with Gasteiger partial charge in [-0.25, -0.2) is 0 Å².